The highest BCUT2D eigenvalue weighted by atomic mass is 79.9. The fourth-order valence-electron chi connectivity index (χ4n) is 1.64. The summed E-state index contributed by atoms with van der Waals surface area (Å²) in [6.45, 7) is 0.416. The molecule has 0 aliphatic heterocycles. The monoisotopic (exact) mass is 357 g/mol. The number of rotatable bonds is 4. The molecule has 0 N–H and O–H groups in total. The summed E-state index contributed by atoms with van der Waals surface area (Å²) in [4.78, 5) is 25.8. The van der Waals surface area contributed by atoms with Crippen molar-refractivity contribution in [3.05, 3.63) is 66.3 Å². The number of benzene rings is 1. The Bertz CT molecular complexity index is 700. The molecule has 0 fully saturated rings. The summed E-state index contributed by atoms with van der Waals surface area (Å²) in [5, 5.41) is 10.7. The third-order valence-corrected chi connectivity index (χ3v) is 3.96. The molecule has 0 atom stereocenters. The first kappa shape index (κ1) is 14.7. The molecular weight excluding hydrogens is 350 g/mol. The van der Waals surface area contributed by atoms with Crippen LogP contribution < -0.4 is 5.56 Å². The lowest BCUT2D eigenvalue weighted by molar-refractivity contribution is -0.384. The number of aromatic nitrogens is 2. The number of non-ortho nitro benzene ring substituents is 1. The highest BCUT2D eigenvalue weighted by Gasteiger charge is 2.08. The van der Waals surface area contributed by atoms with Crippen LogP contribution in [0.5, 0.6) is 0 Å². The fourth-order valence-corrected chi connectivity index (χ4v) is 2.09. The number of halogens is 2. The van der Waals surface area contributed by atoms with E-state index in [1.807, 2.05) is 0 Å². The molecule has 1 aromatic carbocycles. The van der Waals surface area contributed by atoms with Crippen LogP contribution in [-0.2, 0) is 13.0 Å². The van der Waals surface area contributed by atoms with Crippen molar-refractivity contribution >= 4 is 33.2 Å². The van der Waals surface area contributed by atoms with Gasteiger partial charge in [0, 0.05) is 18.7 Å². The molecule has 0 spiro atoms. The van der Waals surface area contributed by atoms with E-state index < -0.39 is 4.92 Å². The third kappa shape index (κ3) is 3.23. The Labute approximate surface area is 127 Å². The average Bonchev–Trinajstić information content (AvgIpc) is 2.44. The largest absolute Gasteiger partial charge is 0.298 e. The lowest BCUT2D eigenvalue weighted by atomic mass is 10.1. The molecule has 0 aliphatic carbocycles. The maximum absolute atomic E-state index is 11.9. The Balaban J connectivity index is 2.11. The molecule has 0 amide bonds. The number of nitrogens with zero attached hydrogens (tertiary/aromatic N) is 3. The number of aryl methyl sites for hydroxylation is 2. The van der Waals surface area contributed by atoms with Crippen LogP contribution in [0.15, 0.2) is 39.9 Å². The molecule has 1 heterocycles. The van der Waals surface area contributed by atoms with Gasteiger partial charge in [0.25, 0.3) is 11.2 Å². The van der Waals surface area contributed by atoms with Crippen LogP contribution in [0, 0.1) is 10.1 Å². The lowest BCUT2D eigenvalue weighted by Gasteiger charge is -2.06. The molecule has 0 saturated heterocycles. The Morgan fingerprint density at radius 3 is 2.60 bits per heavy atom. The normalized spacial score (nSPS) is 10.5. The van der Waals surface area contributed by atoms with Gasteiger partial charge in [-0.3, -0.25) is 19.5 Å². The Kier molecular flexibility index (Phi) is 4.51. The van der Waals surface area contributed by atoms with E-state index in [1.54, 1.807) is 12.1 Å². The van der Waals surface area contributed by atoms with E-state index >= 15 is 0 Å². The first-order valence-electron chi connectivity index (χ1n) is 5.63. The van der Waals surface area contributed by atoms with Crippen LogP contribution in [0.3, 0.4) is 0 Å². The SMILES string of the molecule is O=c1c(Br)c(Cl)ncn1CCc1ccc([N+](=O)[O-])cc1. The van der Waals surface area contributed by atoms with Gasteiger partial charge in [-0.25, -0.2) is 4.98 Å². The van der Waals surface area contributed by atoms with Crippen LogP contribution in [-0.4, -0.2) is 14.5 Å². The molecule has 104 valence electrons. The Hall–Kier alpha value is -1.73. The van der Waals surface area contributed by atoms with E-state index in [0.29, 0.717) is 13.0 Å². The summed E-state index contributed by atoms with van der Waals surface area (Å²) in [5.41, 5.74) is 0.683. The van der Waals surface area contributed by atoms with E-state index in [1.165, 1.54) is 23.0 Å². The van der Waals surface area contributed by atoms with Crippen LogP contribution >= 0.6 is 27.5 Å². The van der Waals surface area contributed by atoms with Crippen molar-refractivity contribution in [3.63, 3.8) is 0 Å². The molecule has 0 bridgehead atoms. The van der Waals surface area contributed by atoms with Crippen molar-refractivity contribution in [3.8, 4) is 0 Å². The van der Waals surface area contributed by atoms with Crippen LogP contribution in [0.2, 0.25) is 5.15 Å². The van der Waals surface area contributed by atoms with Gasteiger partial charge >= 0.3 is 0 Å². The van der Waals surface area contributed by atoms with Crippen LogP contribution in [0.25, 0.3) is 0 Å². The first-order valence-corrected chi connectivity index (χ1v) is 6.80. The molecular formula is C12H9BrClN3O3. The summed E-state index contributed by atoms with van der Waals surface area (Å²) in [6, 6.07) is 6.21. The molecule has 0 radical (unpaired) electrons. The highest BCUT2D eigenvalue weighted by Crippen LogP contribution is 2.15. The van der Waals surface area contributed by atoms with E-state index in [-0.39, 0.29) is 20.9 Å². The van der Waals surface area contributed by atoms with Gasteiger partial charge in [0.2, 0.25) is 0 Å². The van der Waals surface area contributed by atoms with Gasteiger partial charge in [0.1, 0.15) is 4.47 Å². The molecule has 0 aliphatic rings. The van der Waals surface area contributed by atoms with Gasteiger partial charge in [-0.15, -0.1) is 0 Å². The molecule has 6 nitrogen and oxygen atoms in total. The Morgan fingerprint density at radius 2 is 2.00 bits per heavy atom. The second kappa shape index (κ2) is 6.15. The minimum atomic E-state index is -0.450. The molecule has 2 rings (SSSR count). The third-order valence-electron chi connectivity index (χ3n) is 2.73. The maximum atomic E-state index is 11.9. The fraction of sp³-hybridized carbons (Fsp3) is 0.167. The summed E-state index contributed by atoms with van der Waals surface area (Å²) in [7, 11) is 0. The first-order chi connectivity index (χ1) is 9.49. The van der Waals surface area contributed by atoms with Crippen LogP contribution in [0.1, 0.15) is 5.56 Å². The number of hydrogen-bond donors (Lipinski definition) is 0. The van der Waals surface area contributed by atoms with E-state index in [2.05, 4.69) is 20.9 Å². The smallest absolute Gasteiger partial charge is 0.269 e. The number of hydrogen-bond acceptors (Lipinski definition) is 4. The summed E-state index contributed by atoms with van der Waals surface area (Å²) < 4.78 is 1.66. The lowest BCUT2D eigenvalue weighted by Crippen LogP contribution is -2.22. The predicted molar refractivity (Wildman–Crippen MR) is 78.0 cm³/mol. The molecule has 2 aromatic rings. The second-order valence-electron chi connectivity index (χ2n) is 4.02. The molecule has 1 aromatic heterocycles. The summed E-state index contributed by atoms with van der Waals surface area (Å²) >= 11 is 8.79. The summed E-state index contributed by atoms with van der Waals surface area (Å²) in [6.07, 6.45) is 1.94. The van der Waals surface area contributed by atoms with E-state index in [0.717, 1.165) is 5.56 Å². The average molecular weight is 359 g/mol. The molecule has 0 saturated carbocycles. The van der Waals surface area contributed by atoms with E-state index in [9.17, 15) is 14.9 Å². The zero-order chi connectivity index (χ0) is 14.7. The van der Waals surface area contributed by atoms with Crippen molar-refractivity contribution in [2.45, 2.75) is 13.0 Å². The molecule has 8 heteroatoms. The standard InChI is InChI=1S/C12H9BrClN3O3/c13-10-11(14)15-7-16(12(10)18)6-5-8-1-3-9(4-2-8)17(19)20/h1-4,7H,5-6H2. The van der Waals surface area contributed by atoms with Gasteiger partial charge in [-0.1, -0.05) is 23.7 Å². The predicted octanol–water partition coefficient (Wildman–Crippen LogP) is 2.81. The zero-order valence-corrected chi connectivity index (χ0v) is 12.5. The maximum Gasteiger partial charge on any atom is 0.269 e. The van der Waals surface area contributed by atoms with Crippen molar-refractivity contribution in [1.82, 2.24) is 9.55 Å². The number of nitro groups is 1. The van der Waals surface area contributed by atoms with Gasteiger partial charge in [0.15, 0.2) is 5.15 Å². The minimum absolute atomic E-state index is 0.0434. The van der Waals surface area contributed by atoms with Gasteiger partial charge < -0.3 is 0 Å². The van der Waals surface area contributed by atoms with Crippen molar-refractivity contribution < 1.29 is 4.92 Å². The van der Waals surface area contributed by atoms with Crippen LogP contribution in [0.4, 0.5) is 5.69 Å². The Morgan fingerprint density at radius 1 is 1.35 bits per heavy atom. The number of nitro benzene ring substituents is 1. The van der Waals surface area contributed by atoms with Crippen molar-refractivity contribution in [1.29, 1.82) is 0 Å². The summed E-state index contributed by atoms with van der Waals surface area (Å²) in [5.74, 6) is 0. The van der Waals surface area contributed by atoms with Crippen molar-refractivity contribution in [2.24, 2.45) is 0 Å². The molecule has 0 unspecified atom stereocenters. The highest BCUT2D eigenvalue weighted by molar-refractivity contribution is 9.10. The molecule has 20 heavy (non-hydrogen) atoms. The quantitative estimate of drug-likeness (QED) is 0.478. The van der Waals surface area contributed by atoms with E-state index in [4.69, 9.17) is 11.6 Å². The second-order valence-corrected chi connectivity index (χ2v) is 5.17. The zero-order valence-electron chi connectivity index (χ0n) is 10.1. The van der Waals surface area contributed by atoms with Gasteiger partial charge in [-0.2, -0.15) is 0 Å². The minimum Gasteiger partial charge on any atom is -0.298 e. The van der Waals surface area contributed by atoms with Gasteiger partial charge in [0.05, 0.1) is 11.3 Å². The van der Waals surface area contributed by atoms with Crippen molar-refractivity contribution in [2.75, 3.05) is 0 Å². The topological polar surface area (TPSA) is 78.0 Å². The van der Waals surface area contributed by atoms with Gasteiger partial charge in [-0.05, 0) is 27.9 Å².